The molecule has 0 saturated heterocycles. The maximum atomic E-state index is 12.1. The van der Waals surface area contributed by atoms with Crippen molar-refractivity contribution < 1.29 is 4.79 Å². The number of halogens is 1. The van der Waals surface area contributed by atoms with Crippen LogP contribution in [-0.2, 0) is 0 Å². The van der Waals surface area contributed by atoms with Gasteiger partial charge in [0.25, 0.3) is 5.91 Å². The van der Waals surface area contributed by atoms with Crippen LogP contribution in [0.2, 0.25) is 0 Å². The zero-order valence-electron chi connectivity index (χ0n) is 13.2. The summed E-state index contributed by atoms with van der Waals surface area (Å²) in [6.45, 7) is 7.79. The SMILES string of the molecule is CC(C)(C)C1CCC(CNC(=O)c2ccnc(Br)c2)CC1. The lowest BCUT2D eigenvalue weighted by molar-refractivity contribution is 0.0931. The van der Waals surface area contributed by atoms with Crippen LogP contribution >= 0.6 is 15.9 Å². The van der Waals surface area contributed by atoms with E-state index in [4.69, 9.17) is 0 Å². The third kappa shape index (κ3) is 4.80. The Labute approximate surface area is 136 Å². The Bertz CT molecular complexity index is 488. The van der Waals surface area contributed by atoms with Gasteiger partial charge in [-0.15, -0.1) is 0 Å². The Hall–Kier alpha value is -0.900. The molecule has 0 spiro atoms. The number of carbonyl (C=O) groups excluding carboxylic acids is 1. The number of amides is 1. The van der Waals surface area contributed by atoms with Gasteiger partial charge in [0.2, 0.25) is 0 Å². The fourth-order valence-electron chi connectivity index (χ4n) is 3.12. The summed E-state index contributed by atoms with van der Waals surface area (Å²) in [6.07, 6.45) is 6.66. The molecule has 1 aliphatic rings. The summed E-state index contributed by atoms with van der Waals surface area (Å²) in [5.41, 5.74) is 1.08. The van der Waals surface area contributed by atoms with E-state index in [9.17, 15) is 4.79 Å². The van der Waals surface area contributed by atoms with E-state index >= 15 is 0 Å². The van der Waals surface area contributed by atoms with Gasteiger partial charge < -0.3 is 5.32 Å². The summed E-state index contributed by atoms with van der Waals surface area (Å²) in [5.74, 6) is 1.44. The fraction of sp³-hybridized carbons (Fsp3) is 0.647. The maximum absolute atomic E-state index is 12.1. The molecule has 1 heterocycles. The number of nitrogens with zero attached hydrogens (tertiary/aromatic N) is 1. The smallest absolute Gasteiger partial charge is 0.251 e. The van der Waals surface area contributed by atoms with Gasteiger partial charge in [0, 0.05) is 18.3 Å². The molecule has 0 radical (unpaired) electrons. The van der Waals surface area contributed by atoms with Crippen LogP contribution in [0.5, 0.6) is 0 Å². The first-order valence-corrected chi connectivity index (χ1v) is 8.55. The number of pyridine rings is 1. The molecule has 2 rings (SSSR count). The van der Waals surface area contributed by atoms with Gasteiger partial charge in [-0.1, -0.05) is 20.8 Å². The molecule has 1 aromatic heterocycles. The van der Waals surface area contributed by atoms with Gasteiger partial charge in [-0.25, -0.2) is 4.98 Å². The standard InChI is InChI=1S/C17H25BrN2O/c1-17(2,3)14-6-4-12(5-7-14)11-20-16(21)13-8-9-19-15(18)10-13/h8-10,12,14H,4-7,11H2,1-3H3,(H,20,21). The van der Waals surface area contributed by atoms with Crippen molar-refractivity contribution >= 4 is 21.8 Å². The minimum Gasteiger partial charge on any atom is -0.352 e. The minimum absolute atomic E-state index is 0.00366. The van der Waals surface area contributed by atoms with Crippen LogP contribution in [0, 0.1) is 17.3 Å². The van der Waals surface area contributed by atoms with Gasteiger partial charge in [0.15, 0.2) is 0 Å². The van der Waals surface area contributed by atoms with Crippen LogP contribution in [0.4, 0.5) is 0 Å². The van der Waals surface area contributed by atoms with Crippen LogP contribution in [0.3, 0.4) is 0 Å². The van der Waals surface area contributed by atoms with Gasteiger partial charge in [-0.05, 0) is 71.0 Å². The number of carbonyl (C=O) groups is 1. The zero-order valence-corrected chi connectivity index (χ0v) is 14.7. The monoisotopic (exact) mass is 352 g/mol. The first kappa shape index (κ1) is 16.5. The summed E-state index contributed by atoms with van der Waals surface area (Å²) in [4.78, 5) is 16.1. The van der Waals surface area contributed by atoms with Crippen molar-refractivity contribution in [2.45, 2.75) is 46.5 Å². The third-order valence-electron chi connectivity index (χ3n) is 4.61. The highest BCUT2D eigenvalue weighted by molar-refractivity contribution is 9.10. The minimum atomic E-state index is -0.00366. The Morgan fingerprint density at radius 3 is 2.57 bits per heavy atom. The predicted octanol–water partition coefficient (Wildman–Crippen LogP) is 4.43. The number of aromatic nitrogens is 1. The molecule has 1 saturated carbocycles. The summed E-state index contributed by atoms with van der Waals surface area (Å²) in [7, 11) is 0. The lowest BCUT2D eigenvalue weighted by Gasteiger charge is -2.37. The van der Waals surface area contributed by atoms with Crippen LogP contribution in [0.25, 0.3) is 0 Å². The van der Waals surface area contributed by atoms with Crippen LogP contribution in [0.1, 0.15) is 56.8 Å². The molecule has 21 heavy (non-hydrogen) atoms. The average Bonchev–Trinajstić information content (AvgIpc) is 2.44. The second-order valence-electron chi connectivity index (χ2n) is 7.16. The average molecular weight is 353 g/mol. The van der Waals surface area contributed by atoms with E-state index in [1.165, 1.54) is 25.7 Å². The van der Waals surface area contributed by atoms with E-state index in [1.54, 1.807) is 18.3 Å². The number of rotatable bonds is 3. The van der Waals surface area contributed by atoms with E-state index in [0.29, 0.717) is 21.5 Å². The van der Waals surface area contributed by atoms with E-state index in [1.807, 2.05) is 0 Å². The Kier molecular flexibility index (Phi) is 5.42. The zero-order chi connectivity index (χ0) is 15.5. The van der Waals surface area contributed by atoms with Crippen molar-refractivity contribution in [1.82, 2.24) is 10.3 Å². The van der Waals surface area contributed by atoms with E-state index < -0.39 is 0 Å². The molecule has 1 N–H and O–H groups in total. The number of nitrogens with one attached hydrogen (secondary N) is 1. The fourth-order valence-corrected chi connectivity index (χ4v) is 3.48. The summed E-state index contributed by atoms with van der Waals surface area (Å²) in [6, 6.07) is 3.50. The van der Waals surface area contributed by atoms with Crippen molar-refractivity contribution in [3.63, 3.8) is 0 Å². The Balaban J connectivity index is 1.78. The maximum Gasteiger partial charge on any atom is 0.251 e. The number of hydrogen-bond donors (Lipinski definition) is 1. The van der Waals surface area contributed by atoms with Crippen LogP contribution in [0.15, 0.2) is 22.9 Å². The molecule has 1 fully saturated rings. The highest BCUT2D eigenvalue weighted by Gasteiger charge is 2.29. The quantitative estimate of drug-likeness (QED) is 0.817. The van der Waals surface area contributed by atoms with Crippen LogP contribution in [-0.4, -0.2) is 17.4 Å². The molecule has 3 nitrogen and oxygen atoms in total. The molecule has 1 amide bonds. The summed E-state index contributed by atoms with van der Waals surface area (Å²) in [5, 5.41) is 3.06. The molecule has 0 bridgehead atoms. The Morgan fingerprint density at radius 1 is 1.33 bits per heavy atom. The van der Waals surface area contributed by atoms with Crippen molar-refractivity contribution in [3.8, 4) is 0 Å². The second-order valence-corrected chi connectivity index (χ2v) is 7.97. The third-order valence-corrected chi connectivity index (χ3v) is 5.05. The van der Waals surface area contributed by atoms with Crippen molar-refractivity contribution in [2.75, 3.05) is 6.54 Å². The first-order chi connectivity index (χ1) is 9.86. The molecule has 116 valence electrons. The summed E-state index contributed by atoms with van der Waals surface area (Å²) >= 11 is 3.29. The molecule has 4 heteroatoms. The normalized spacial score (nSPS) is 22.9. The highest BCUT2D eigenvalue weighted by Crippen LogP contribution is 2.39. The molecule has 1 aromatic rings. The van der Waals surface area contributed by atoms with E-state index in [2.05, 4.69) is 47.0 Å². The van der Waals surface area contributed by atoms with Gasteiger partial charge in [0.1, 0.15) is 4.60 Å². The predicted molar refractivity (Wildman–Crippen MR) is 89.2 cm³/mol. The molecule has 0 atom stereocenters. The molecule has 0 unspecified atom stereocenters. The van der Waals surface area contributed by atoms with E-state index in [0.717, 1.165) is 12.5 Å². The van der Waals surface area contributed by atoms with E-state index in [-0.39, 0.29) is 5.91 Å². The largest absolute Gasteiger partial charge is 0.352 e. The topological polar surface area (TPSA) is 42.0 Å². The molecule has 0 aliphatic heterocycles. The lowest BCUT2D eigenvalue weighted by atomic mass is 9.70. The molecule has 0 aromatic carbocycles. The molecular formula is C17H25BrN2O. The van der Waals surface area contributed by atoms with Crippen molar-refractivity contribution in [1.29, 1.82) is 0 Å². The van der Waals surface area contributed by atoms with Crippen LogP contribution < -0.4 is 5.32 Å². The first-order valence-electron chi connectivity index (χ1n) is 7.76. The van der Waals surface area contributed by atoms with Gasteiger partial charge >= 0.3 is 0 Å². The lowest BCUT2D eigenvalue weighted by Crippen LogP contribution is -2.33. The summed E-state index contributed by atoms with van der Waals surface area (Å²) < 4.78 is 0.695. The second kappa shape index (κ2) is 6.91. The number of hydrogen-bond acceptors (Lipinski definition) is 2. The highest BCUT2D eigenvalue weighted by atomic mass is 79.9. The Morgan fingerprint density at radius 2 is 2.00 bits per heavy atom. The van der Waals surface area contributed by atoms with Gasteiger partial charge in [-0.3, -0.25) is 4.79 Å². The molecule has 1 aliphatic carbocycles. The molecular weight excluding hydrogens is 328 g/mol. The van der Waals surface area contributed by atoms with Crippen molar-refractivity contribution in [2.24, 2.45) is 17.3 Å². The van der Waals surface area contributed by atoms with Gasteiger partial charge in [-0.2, -0.15) is 0 Å². The van der Waals surface area contributed by atoms with Gasteiger partial charge in [0.05, 0.1) is 0 Å². The van der Waals surface area contributed by atoms with Crippen molar-refractivity contribution in [3.05, 3.63) is 28.5 Å².